The van der Waals surface area contributed by atoms with E-state index < -0.39 is 0 Å². The van der Waals surface area contributed by atoms with E-state index in [0.29, 0.717) is 17.7 Å². The first-order chi connectivity index (χ1) is 13.0. The van der Waals surface area contributed by atoms with E-state index in [1.807, 2.05) is 24.3 Å². The second kappa shape index (κ2) is 10.2. The van der Waals surface area contributed by atoms with Crippen molar-refractivity contribution in [3.63, 3.8) is 0 Å². The number of likely N-dealkylation sites (N-methyl/N-ethyl adjacent to an activating group) is 1. The molecule has 2 rings (SSSR count). The van der Waals surface area contributed by atoms with Crippen molar-refractivity contribution in [2.24, 2.45) is 10.4 Å². The van der Waals surface area contributed by atoms with Crippen molar-refractivity contribution in [1.82, 2.24) is 15.5 Å². The van der Waals surface area contributed by atoms with Gasteiger partial charge in [-0.25, -0.2) is 0 Å². The number of hydrogen-bond acceptors (Lipinski definition) is 3. The Labute approximate surface area is 163 Å². The molecule has 0 unspecified atom stereocenters. The van der Waals surface area contributed by atoms with E-state index in [9.17, 15) is 4.79 Å². The van der Waals surface area contributed by atoms with Gasteiger partial charge >= 0.3 is 0 Å². The maximum Gasteiger partial charge on any atom is 0.259 e. The van der Waals surface area contributed by atoms with Crippen molar-refractivity contribution >= 4 is 11.9 Å². The molecule has 0 heterocycles. The average Bonchev–Trinajstić information content (AvgIpc) is 3.16. The number of hydrogen-bond donors (Lipinski definition) is 2. The van der Waals surface area contributed by atoms with Crippen LogP contribution in [0.4, 0.5) is 0 Å². The molecule has 0 spiro atoms. The first-order valence-corrected chi connectivity index (χ1v) is 9.84. The molecule has 0 radical (unpaired) electrons. The fraction of sp³-hybridized carbons (Fsp3) is 0.619. The Bertz CT molecular complexity index is 637. The van der Waals surface area contributed by atoms with Gasteiger partial charge in [-0.05, 0) is 42.4 Å². The highest BCUT2D eigenvalue weighted by Gasteiger charge is 2.31. The maximum atomic E-state index is 11.7. The predicted molar refractivity (Wildman–Crippen MR) is 110 cm³/mol. The number of rotatable bonds is 8. The number of amides is 1. The highest BCUT2D eigenvalue weighted by atomic mass is 16.5. The summed E-state index contributed by atoms with van der Waals surface area (Å²) in [6, 6.07) is 7.79. The van der Waals surface area contributed by atoms with Gasteiger partial charge in [-0.2, -0.15) is 0 Å². The molecule has 1 amide bonds. The van der Waals surface area contributed by atoms with Gasteiger partial charge in [0, 0.05) is 34.2 Å². The molecule has 6 heteroatoms. The zero-order valence-electron chi connectivity index (χ0n) is 17.2. The summed E-state index contributed by atoms with van der Waals surface area (Å²) in [6.45, 7) is 3.96. The van der Waals surface area contributed by atoms with Gasteiger partial charge in [0.05, 0.1) is 0 Å². The first kappa shape index (κ1) is 21.1. The second-order valence-corrected chi connectivity index (χ2v) is 7.56. The first-order valence-electron chi connectivity index (χ1n) is 9.84. The second-order valence-electron chi connectivity index (χ2n) is 7.56. The van der Waals surface area contributed by atoms with E-state index in [2.05, 4.69) is 22.5 Å². The van der Waals surface area contributed by atoms with Crippen molar-refractivity contribution in [1.29, 1.82) is 0 Å². The summed E-state index contributed by atoms with van der Waals surface area (Å²) in [5, 5.41) is 6.87. The van der Waals surface area contributed by atoms with Crippen LogP contribution in [0.15, 0.2) is 29.3 Å². The molecule has 0 atom stereocenters. The van der Waals surface area contributed by atoms with E-state index in [0.717, 1.165) is 18.1 Å². The van der Waals surface area contributed by atoms with E-state index in [1.165, 1.54) is 37.0 Å². The summed E-state index contributed by atoms with van der Waals surface area (Å²) in [5.41, 5.74) is 1.50. The molecule has 2 N–H and O–H groups in total. The molecular weight excluding hydrogens is 340 g/mol. The van der Waals surface area contributed by atoms with Gasteiger partial charge in [0.15, 0.2) is 12.6 Å². The molecule has 1 fully saturated rings. The van der Waals surface area contributed by atoms with Gasteiger partial charge < -0.3 is 20.3 Å². The third kappa shape index (κ3) is 6.45. The van der Waals surface area contributed by atoms with Crippen LogP contribution in [-0.4, -0.2) is 51.1 Å². The minimum absolute atomic E-state index is 0.0478. The molecule has 1 aromatic carbocycles. The van der Waals surface area contributed by atoms with E-state index >= 15 is 0 Å². The van der Waals surface area contributed by atoms with Crippen LogP contribution in [0.2, 0.25) is 0 Å². The van der Waals surface area contributed by atoms with Crippen LogP contribution in [0.1, 0.15) is 44.6 Å². The summed E-state index contributed by atoms with van der Waals surface area (Å²) >= 11 is 0. The van der Waals surface area contributed by atoms with Gasteiger partial charge in [0.1, 0.15) is 5.75 Å². The van der Waals surface area contributed by atoms with Crippen LogP contribution in [-0.2, 0) is 11.3 Å². The van der Waals surface area contributed by atoms with Gasteiger partial charge in [-0.15, -0.1) is 0 Å². The van der Waals surface area contributed by atoms with Crippen molar-refractivity contribution in [2.75, 3.05) is 34.3 Å². The Hall–Kier alpha value is -2.24. The molecule has 6 nitrogen and oxygen atoms in total. The summed E-state index contributed by atoms with van der Waals surface area (Å²) < 4.78 is 5.58. The molecule has 1 aliphatic carbocycles. The third-order valence-electron chi connectivity index (χ3n) is 5.49. The zero-order chi connectivity index (χ0) is 19.7. The smallest absolute Gasteiger partial charge is 0.259 e. The molecule has 0 bridgehead atoms. The maximum absolute atomic E-state index is 11.7. The Morgan fingerprint density at radius 1 is 1.26 bits per heavy atom. The van der Waals surface area contributed by atoms with Crippen LogP contribution in [0.5, 0.6) is 5.75 Å². The average molecular weight is 375 g/mol. The lowest BCUT2D eigenvalue weighted by molar-refractivity contribution is -0.130. The molecule has 150 valence electrons. The Kier molecular flexibility index (Phi) is 7.95. The number of aliphatic imine (C=N–C) groups is 1. The lowest BCUT2D eigenvalue weighted by Gasteiger charge is -2.28. The van der Waals surface area contributed by atoms with Gasteiger partial charge in [0.2, 0.25) is 0 Å². The summed E-state index contributed by atoms with van der Waals surface area (Å²) in [7, 11) is 5.24. The molecule has 0 aliphatic heterocycles. The SMILES string of the molecule is CCC1(CNC(=NC)NCc2cccc(OCC(=O)N(C)C)c2)CCCC1. The standard InChI is InChI=1S/C21H34N4O2/c1-5-21(11-6-7-12-21)16-24-20(22-2)23-14-17-9-8-10-18(13-17)27-15-19(26)25(3)4/h8-10,13H,5-7,11-12,14-16H2,1-4H3,(H2,22,23,24). The van der Waals surface area contributed by atoms with Crippen molar-refractivity contribution in [2.45, 2.75) is 45.6 Å². The highest BCUT2D eigenvalue weighted by molar-refractivity contribution is 5.79. The molecule has 0 saturated heterocycles. The predicted octanol–water partition coefficient (Wildman–Crippen LogP) is 2.79. The minimum atomic E-state index is -0.0557. The number of ether oxygens (including phenoxy) is 1. The van der Waals surface area contributed by atoms with Crippen LogP contribution in [0.3, 0.4) is 0 Å². The summed E-state index contributed by atoms with van der Waals surface area (Å²) in [6.07, 6.45) is 6.49. The molecule has 0 aromatic heterocycles. The third-order valence-corrected chi connectivity index (χ3v) is 5.49. The Morgan fingerprint density at radius 2 is 2.00 bits per heavy atom. The number of carbonyl (C=O) groups excluding carboxylic acids is 1. The highest BCUT2D eigenvalue weighted by Crippen LogP contribution is 2.40. The number of nitrogens with zero attached hydrogens (tertiary/aromatic N) is 2. The fourth-order valence-electron chi connectivity index (χ4n) is 3.48. The quantitative estimate of drug-likeness (QED) is 0.542. The number of benzene rings is 1. The lowest BCUT2D eigenvalue weighted by atomic mass is 9.83. The van der Waals surface area contributed by atoms with Crippen molar-refractivity contribution in [3.05, 3.63) is 29.8 Å². The Balaban J connectivity index is 1.83. The molecular formula is C21H34N4O2. The topological polar surface area (TPSA) is 66.0 Å². The molecule has 1 aromatic rings. The van der Waals surface area contributed by atoms with Crippen molar-refractivity contribution in [3.8, 4) is 5.75 Å². The van der Waals surface area contributed by atoms with Crippen LogP contribution >= 0.6 is 0 Å². The normalized spacial score (nSPS) is 16.1. The fourth-order valence-corrected chi connectivity index (χ4v) is 3.48. The summed E-state index contributed by atoms with van der Waals surface area (Å²) in [4.78, 5) is 17.5. The monoisotopic (exact) mass is 374 g/mol. The van der Waals surface area contributed by atoms with Crippen LogP contribution < -0.4 is 15.4 Å². The van der Waals surface area contributed by atoms with Gasteiger partial charge in [-0.1, -0.05) is 31.9 Å². The number of carbonyl (C=O) groups is 1. The van der Waals surface area contributed by atoms with Crippen molar-refractivity contribution < 1.29 is 9.53 Å². The van der Waals surface area contributed by atoms with E-state index in [4.69, 9.17) is 4.74 Å². The van der Waals surface area contributed by atoms with Crippen LogP contribution in [0, 0.1) is 5.41 Å². The van der Waals surface area contributed by atoms with Gasteiger partial charge in [0.25, 0.3) is 5.91 Å². The zero-order valence-corrected chi connectivity index (χ0v) is 17.2. The van der Waals surface area contributed by atoms with Gasteiger partial charge in [-0.3, -0.25) is 9.79 Å². The van der Waals surface area contributed by atoms with E-state index in [1.54, 1.807) is 21.1 Å². The number of guanidine groups is 1. The molecule has 1 saturated carbocycles. The largest absolute Gasteiger partial charge is 0.484 e. The molecule has 27 heavy (non-hydrogen) atoms. The summed E-state index contributed by atoms with van der Waals surface area (Å²) in [5.74, 6) is 1.46. The Morgan fingerprint density at radius 3 is 2.63 bits per heavy atom. The van der Waals surface area contributed by atoms with Crippen LogP contribution in [0.25, 0.3) is 0 Å². The lowest BCUT2D eigenvalue weighted by Crippen LogP contribution is -2.42. The van der Waals surface area contributed by atoms with E-state index in [-0.39, 0.29) is 12.5 Å². The molecule has 1 aliphatic rings. The number of nitrogens with one attached hydrogen (secondary N) is 2. The minimum Gasteiger partial charge on any atom is -0.484 e.